The Kier molecular flexibility index (Phi) is 13.8. The lowest BCUT2D eigenvalue weighted by Crippen LogP contribution is -2.56. The van der Waals surface area contributed by atoms with Gasteiger partial charge in [-0.05, 0) is 64.5 Å². The van der Waals surface area contributed by atoms with Crippen LogP contribution < -0.4 is 25.4 Å². The molecule has 7 rings (SSSR count). The molecule has 16 nitrogen and oxygen atoms in total. The quantitative estimate of drug-likeness (QED) is 0.152. The zero-order chi connectivity index (χ0) is 45.1. The standard InChI is InChI=1S/C46H61N7O9S/c1-27(2)47-43-49-35(26-63-43)34-22-37(31-18-17-29(60-6)20-33(31)48-34)61-30-21-36-40(55)51-46(42(57)58)23-28(46)14-10-8-7-9-11-15-32(41(56)53(36)24-30)50-44(59)62-38(45(3,4)5)25-52-19-13-12-16-39(52)54/h10,14,17-18,20,22,26-28,30,32,36,38H,7-9,11-13,15-16,19,21,23-25H2,1-6H3,(H,47,49)(H,50,59)(H,51,55)(H,57,58)/b14-10-/t28?,30-,32+,36+,38-,46-/m1/s1. The number of fused-ring (bicyclic) bond motifs is 3. The van der Waals surface area contributed by atoms with Crippen molar-refractivity contribution < 1.29 is 43.3 Å². The van der Waals surface area contributed by atoms with Crippen LogP contribution >= 0.6 is 11.3 Å². The van der Waals surface area contributed by atoms with E-state index in [1.54, 1.807) is 30.2 Å². The van der Waals surface area contributed by atoms with E-state index in [1.165, 1.54) is 16.2 Å². The summed E-state index contributed by atoms with van der Waals surface area (Å²) in [7, 11) is 1.57. The molecular weight excluding hydrogens is 827 g/mol. The number of hydrogen-bond acceptors (Lipinski definition) is 12. The number of methoxy groups -OCH3 is 1. The van der Waals surface area contributed by atoms with Crippen molar-refractivity contribution >= 4 is 57.2 Å². The number of carboxylic acids is 1. The van der Waals surface area contributed by atoms with Crippen LogP contribution in [-0.4, -0.2) is 117 Å². The number of carboxylic acid groups (broad SMARTS) is 1. The minimum Gasteiger partial charge on any atom is -0.497 e. The molecule has 0 bridgehead atoms. The number of pyridine rings is 1. The van der Waals surface area contributed by atoms with Gasteiger partial charge < -0.3 is 45.1 Å². The van der Waals surface area contributed by atoms with Gasteiger partial charge in [0.1, 0.15) is 47.0 Å². The largest absolute Gasteiger partial charge is 0.497 e. The van der Waals surface area contributed by atoms with E-state index in [-0.39, 0.29) is 50.2 Å². The number of aromatic nitrogens is 2. The number of anilines is 1. The third-order valence-electron chi connectivity index (χ3n) is 12.4. The van der Waals surface area contributed by atoms with Gasteiger partial charge in [-0.25, -0.2) is 19.6 Å². The Bertz CT molecular complexity index is 2220. The molecule has 5 heterocycles. The van der Waals surface area contributed by atoms with Crippen LogP contribution in [0.4, 0.5) is 9.93 Å². The second-order valence-corrected chi connectivity index (χ2v) is 19.5. The first kappa shape index (κ1) is 45.6. The van der Waals surface area contributed by atoms with Gasteiger partial charge in [0.15, 0.2) is 5.13 Å². The van der Waals surface area contributed by atoms with E-state index in [9.17, 15) is 29.1 Å². The maximum Gasteiger partial charge on any atom is 0.408 e. The number of carbonyl (C=O) groups is 5. The molecule has 4 N–H and O–H groups in total. The predicted molar refractivity (Wildman–Crippen MR) is 239 cm³/mol. The van der Waals surface area contributed by atoms with Crippen LogP contribution in [0.25, 0.3) is 22.3 Å². The smallest absolute Gasteiger partial charge is 0.408 e. The third kappa shape index (κ3) is 10.7. The van der Waals surface area contributed by atoms with Gasteiger partial charge in [-0.3, -0.25) is 14.4 Å². The highest BCUT2D eigenvalue weighted by atomic mass is 32.1. The van der Waals surface area contributed by atoms with Crippen LogP contribution in [0.3, 0.4) is 0 Å². The van der Waals surface area contributed by atoms with Gasteiger partial charge in [0.05, 0.1) is 31.4 Å². The minimum atomic E-state index is -1.49. The van der Waals surface area contributed by atoms with Crippen LogP contribution in [0.5, 0.6) is 11.5 Å². The molecule has 4 aliphatic rings. The predicted octanol–water partition coefficient (Wildman–Crippen LogP) is 6.54. The van der Waals surface area contributed by atoms with E-state index in [1.807, 2.05) is 58.2 Å². The van der Waals surface area contributed by atoms with Crippen molar-refractivity contribution in [2.75, 3.05) is 32.1 Å². The van der Waals surface area contributed by atoms with E-state index in [4.69, 9.17) is 24.2 Å². The Morgan fingerprint density at radius 1 is 1.06 bits per heavy atom. The molecule has 1 unspecified atom stereocenters. The van der Waals surface area contributed by atoms with Crippen LogP contribution in [-0.2, 0) is 23.9 Å². The highest BCUT2D eigenvalue weighted by Crippen LogP contribution is 2.46. The zero-order valence-electron chi connectivity index (χ0n) is 37.1. The van der Waals surface area contributed by atoms with Gasteiger partial charge in [-0.1, -0.05) is 45.8 Å². The van der Waals surface area contributed by atoms with Gasteiger partial charge in [0, 0.05) is 59.7 Å². The molecule has 3 aliphatic heterocycles. The molecule has 0 spiro atoms. The maximum absolute atomic E-state index is 14.9. The fourth-order valence-electron chi connectivity index (χ4n) is 8.61. The van der Waals surface area contributed by atoms with Crippen molar-refractivity contribution in [1.29, 1.82) is 0 Å². The van der Waals surface area contributed by atoms with Gasteiger partial charge in [0.25, 0.3) is 0 Å². The number of aliphatic carboxylic acids is 1. The summed E-state index contributed by atoms with van der Waals surface area (Å²) in [6, 6.07) is 5.24. The Balaban J connectivity index is 1.19. The fourth-order valence-corrected chi connectivity index (χ4v) is 9.46. The summed E-state index contributed by atoms with van der Waals surface area (Å²) in [5, 5.41) is 22.7. The molecular formula is C46H61N7O9S. The molecule has 1 aliphatic carbocycles. The van der Waals surface area contributed by atoms with Crippen molar-refractivity contribution in [3.05, 3.63) is 41.8 Å². The van der Waals surface area contributed by atoms with E-state index in [0.717, 1.165) is 30.8 Å². The molecule has 2 saturated heterocycles. The molecule has 1 aromatic carbocycles. The number of allylic oxidation sites excluding steroid dienone is 1. The Labute approximate surface area is 372 Å². The van der Waals surface area contributed by atoms with Crippen molar-refractivity contribution in [1.82, 2.24) is 30.4 Å². The lowest BCUT2D eigenvalue weighted by Gasteiger charge is -2.36. The van der Waals surface area contributed by atoms with Crippen molar-refractivity contribution in [2.45, 2.75) is 135 Å². The first-order valence-corrected chi connectivity index (χ1v) is 23.1. The SMILES string of the molecule is COc1ccc2c(O[C@@H]3C[C@H]4C(=O)N[C@]5(C(=O)O)CC5/C=C\CCCCC[C@H](NC(=O)O[C@H](CN5CCCCC5=O)C(C)(C)C)C(=O)N4C3)cc(-c3csc(NC(C)C)n3)nc2c1. The fraction of sp³-hybridized carbons (Fsp3) is 0.587. The number of nitrogens with one attached hydrogen (secondary N) is 3. The summed E-state index contributed by atoms with van der Waals surface area (Å²) in [5.74, 6) is -1.56. The number of amides is 4. The van der Waals surface area contributed by atoms with Crippen molar-refractivity contribution in [3.8, 4) is 22.9 Å². The number of carbonyl (C=O) groups excluding carboxylic acids is 4. The van der Waals surface area contributed by atoms with Crippen molar-refractivity contribution in [2.24, 2.45) is 11.3 Å². The number of rotatable bonds is 11. The summed E-state index contributed by atoms with van der Waals surface area (Å²) >= 11 is 1.46. The zero-order valence-corrected chi connectivity index (χ0v) is 37.9. The number of ether oxygens (including phenoxy) is 3. The first-order valence-electron chi connectivity index (χ1n) is 22.2. The number of alkyl carbamates (subject to hydrolysis) is 1. The number of nitrogens with zero attached hydrogens (tertiary/aromatic N) is 4. The molecule has 3 aromatic rings. The van der Waals surface area contributed by atoms with Gasteiger partial charge in [0.2, 0.25) is 17.7 Å². The Morgan fingerprint density at radius 3 is 2.60 bits per heavy atom. The average molecular weight is 888 g/mol. The lowest BCUT2D eigenvalue weighted by atomic mass is 9.88. The Morgan fingerprint density at radius 2 is 1.87 bits per heavy atom. The summed E-state index contributed by atoms with van der Waals surface area (Å²) in [4.78, 5) is 81.4. The first-order chi connectivity index (χ1) is 30.0. The Hall–Kier alpha value is -5.45. The summed E-state index contributed by atoms with van der Waals surface area (Å²) in [6.45, 7) is 10.7. The van der Waals surface area contributed by atoms with Crippen LogP contribution in [0, 0.1) is 11.3 Å². The molecule has 17 heteroatoms. The summed E-state index contributed by atoms with van der Waals surface area (Å²) < 4.78 is 18.3. The van der Waals surface area contributed by atoms with E-state index >= 15 is 0 Å². The number of piperidine rings is 1. The van der Waals surface area contributed by atoms with Gasteiger partial charge in [-0.15, -0.1) is 11.3 Å². The molecule has 340 valence electrons. The van der Waals surface area contributed by atoms with Gasteiger partial charge >= 0.3 is 12.1 Å². The lowest BCUT2D eigenvalue weighted by molar-refractivity contribution is -0.145. The van der Waals surface area contributed by atoms with E-state index < -0.39 is 59.1 Å². The molecule has 0 radical (unpaired) electrons. The van der Waals surface area contributed by atoms with Crippen LogP contribution in [0.2, 0.25) is 0 Å². The number of benzene rings is 1. The van der Waals surface area contributed by atoms with Crippen molar-refractivity contribution in [3.63, 3.8) is 0 Å². The molecule has 63 heavy (non-hydrogen) atoms. The molecule has 2 aromatic heterocycles. The van der Waals surface area contributed by atoms with Crippen LogP contribution in [0.15, 0.2) is 41.8 Å². The summed E-state index contributed by atoms with van der Waals surface area (Å²) in [6.07, 6.45) is 7.24. The number of likely N-dealkylation sites (tertiary alicyclic amines) is 1. The topological polar surface area (TPSA) is 202 Å². The third-order valence-corrected chi connectivity index (χ3v) is 13.2. The normalized spacial score (nSPS) is 25.5. The number of hydrogen-bond donors (Lipinski definition) is 4. The number of thiazole rings is 1. The highest BCUT2D eigenvalue weighted by molar-refractivity contribution is 7.14. The molecule has 1 saturated carbocycles. The van der Waals surface area contributed by atoms with Crippen LogP contribution in [0.1, 0.15) is 98.8 Å². The second-order valence-electron chi connectivity index (χ2n) is 18.6. The highest BCUT2D eigenvalue weighted by Gasteiger charge is 2.61. The second kappa shape index (κ2) is 19.1. The molecule has 6 atom stereocenters. The monoisotopic (exact) mass is 887 g/mol. The van der Waals surface area contributed by atoms with E-state index in [0.29, 0.717) is 59.6 Å². The van der Waals surface area contributed by atoms with E-state index in [2.05, 4.69) is 16.0 Å². The maximum atomic E-state index is 14.9. The molecule has 4 amide bonds. The minimum absolute atomic E-state index is 0.0237. The molecule has 3 fully saturated rings. The van der Waals surface area contributed by atoms with Gasteiger partial charge in [-0.2, -0.15) is 0 Å². The average Bonchev–Trinajstić information content (AvgIpc) is 3.49. The summed E-state index contributed by atoms with van der Waals surface area (Å²) in [5.41, 5.74) is -0.237.